The molecule has 0 aliphatic heterocycles. The average Bonchev–Trinajstić information content (AvgIpc) is 2.90. The number of hydrogen-bond acceptors (Lipinski definition) is 1. The Bertz CT molecular complexity index is 491. The predicted octanol–water partition coefficient (Wildman–Crippen LogP) is -3.22. The Morgan fingerprint density at radius 3 is 2.35 bits per heavy atom. The molecule has 0 unspecified atom stereocenters. The minimum Gasteiger partial charge on any atom is -1.00 e. The number of carbonyl (C=O) groups is 1. The molecule has 1 amide bonds. The number of allylic oxidation sites excluding steroid dienone is 4. The molecule has 2 nitrogen and oxygen atoms in total. The summed E-state index contributed by atoms with van der Waals surface area (Å²) in [5, 5.41) is 0. The molecule has 20 heavy (non-hydrogen) atoms. The summed E-state index contributed by atoms with van der Waals surface area (Å²) in [6.45, 7) is 4.72. The van der Waals surface area contributed by atoms with Crippen molar-refractivity contribution in [3.8, 4) is 0 Å². The van der Waals surface area contributed by atoms with Crippen LogP contribution in [-0.4, -0.2) is 11.8 Å². The van der Waals surface area contributed by atoms with E-state index in [-0.39, 0.29) is 30.7 Å². The summed E-state index contributed by atoms with van der Waals surface area (Å²) in [5.41, 5.74) is 0.789. The van der Waals surface area contributed by atoms with Crippen molar-refractivity contribution in [2.45, 2.75) is 19.5 Å². The van der Waals surface area contributed by atoms with Gasteiger partial charge >= 0.3 is 118 Å². The van der Waals surface area contributed by atoms with Crippen LogP contribution in [0.3, 0.4) is 0 Å². The van der Waals surface area contributed by atoms with Gasteiger partial charge in [0.25, 0.3) is 0 Å². The van der Waals surface area contributed by atoms with Crippen molar-refractivity contribution in [2.75, 3.05) is 0 Å². The molecular weight excluding hydrogens is 388 g/mol. The van der Waals surface area contributed by atoms with Gasteiger partial charge in [-0.25, -0.2) is 0 Å². The summed E-state index contributed by atoms with van der Waals surface area (Å²) in [6, 6.07) is 9.55. The van der Waals surface area contributed by atoms with Crippen molar-refractivity contribution in [1.82, 2.24) is 3.26 Å². The molecule has 1 aliphatic rings. The SMILES string of the molecule is C[SiH](C)[Zr+2]([NH]C(=O)c1ccccc1)[C]1=CC=CC1.[Cl-].[Cl-]. The van der Waals surface area contributed by atoms with Gasteiger partial charge in [-0.3, -0.25) is 0 Å². The topological polar surface area (TPSA) is 29.1 Å². The van der Waals surface area contributed by atoms with Crippen LogP contribution < -0.4 is 28.1 Å². The number of hydrogen-bond donors (Lipinski definition) is 1. The van der Waals surface area contributed by atoms with E-state index in [1.54, 1.807) is 3.28 Å². The molecule has 1 aromatic carbocycles. The third-order valence-electron chi connectivity index (χ3n) is 2.98. The molecule has 0 spiro atoms. The van der Waals surface area contributed by atoms with E-state index in [9.17, 15) is 4.79 Å². The second-order valence-corrected chi connectivity index (χ2v) is 23.2. The van der Waals surface area contributed by atoms with Crippen molar-refractivity contribution in [3.63, 3.8) is 0 Å². The second kappa shape index (κ2) is 9.73. The summed E-state index contributed by atoms with van der Waals surface area (Å²) in [5.74, 6) is -0.638. The zero-order chi connectivity index (χ0) is 13.0. The van der Waals surface area contributed by atoms with Crippen LogP contribution in [0.25, 0.3) is 0 Å². The largest absolute Gasteiger partial charge is 1.00 e. The van der Waals surface area contributed by atoms with E-state index in [1.807, 2.05) is 30.3 Å². The van der Waals surface area contributed by atoms with Gasteiger partial charge in [-0.1, -0.05) is 0 Å². The Kier molecular flexibility index (Phi) is 9.65. The van der Waals surface area contributed by atoms with Gasteiger partial charge < -0.3 is 24.8 Å². The van der Waals surface area contributed by atoms with E-state index < -0.39 is 27.1 Å². The number of carbonyl (C=O) groups excluding carboxylic acids is 1. The summed E-state index contributed by atoms with van der Waals surface area (Å²) in [4.78, 5) is 12.2. The number of benzene rings is 1. The van der Waals surface area contributed by atoms with E-state index in [1.165, 1.54) is 0 Å². The second-order valence-electron chi connectivity index (χ2n) is 4.71. The maximum absolute atomic E-state index is 12.2. The van der Waals surface area contributed by atoms with E-state index >= 15 is 0 Å². The summed E-state index contributed by atoms with van der Waals surface area (Å²) < 4.78 is 4.93. The van der Waals surface area contributed by atoms with E-state index in [2.05, 4.69) is 34.6 Å². The first-order valence-electron chi connectivity index (χ1n) is 6.28. The summed E-state index contributed by atoms with van der Waals surface area (Å²) >= 11 is -1.88. The Hall–Kier alpha value is -0.150. The van der Waals surface area contributed by atoms with Crippen molar-refractivity contribution < 1.29 is 50.8 Å². The van der Waals surface area contributed by atoms with E-state index in [0.717, 1.165) is 12.0 Å². The quantitative estimate of drug-likeness (QED) is 0.524. The van der Waals surface area contributed by atoms with Gasteiger partial charge in [-0.15, -0.1) is 0 Å². The minimum atomic E-state index is -1.88. The fraction of sp³-hybridized carbons (Fsp3) is 0.214. The summed E-state index contributed by atoms with van der Waals surface area (Å²) in [7, 11) is 0. The van der Waals surface area contributed by atoms with Crippen LogP contribution in [0, 0.1) is 0 Å². The zero-order valence-corrected chi connectivity index (χ0v) is 16.7. The molecule has 0 saturated heterocycles. The van der Waals surface area contributed by atoms with Gasteiger partial charge in [0.2, 0.25) is 0 Å². The third kappa shape index (κ3) is 5.33. The van der Waals surface area contributed by atoms with E-state index in [0.29, 0.717) is 0 Å². The molecule has 2 rings (SSSR count). The molecule has 107 valence electrons. The predicted molar refractivity (Wildman–Crippen MR) is 74.6 cm³/mol. The molecular formula is C14H18Cl2NOSiZr. The normalized spacial score (nSPS) is 12.2. The Balaban J connectivity index is 0.00000180. The van der Waals surface area contributed by atoms with Crippen molar-refractivity contribution in [3.05, 3.63) is 57.4 Å². The molecule has 0 aromatic heterocycles. The summed E-state index contributed by atoms with van der Waals surface area (Å²) in [6.07, 6.45) is 7.62. The molecule has 0 heterocycles. The molecule has 1 N–H and O–H groups in total. The van der Waals surface area contributed by atoms with Gasteiger partial charge in [0.05, 0.1) is 0 Å². The number of amides is 1. The Morgan fingerprint density at radius 1 is 1.20 bits per heavy atom. The maximum Gasteiger partial charge on any atom is -1.00 e. The zero-order valence-electron chi connectivity index (χ0n) is 11.6. The van der Waals surface area contributed by atoms with Crippen molar-refractivity contribution in [1.29, 1.82) is 0 Å². The fourth-order valence-electron chi connectivity index (χ4n) is 2.03. The molecule has 6 heteroatoms. The molecule has 1 aromatic rings. The maximum atomic E-state index is 12.2. The van der Waals surface area contributed by atoms with Crippen LogP contribution >= 0.6 is 0 Å². The van der Waals surface area contributed by atoms with Crippen LogP contribution in [-0.2, 0) is 21.2 Å². The number of halogens is 2. The first-order valence-corrected chi connectivity index (χ1v) is 15.9. The number of rotatable bonds is 4. The molecule has 0 atom stereocenters. The van der Waals surface area contributed by atoms with Crippen LogP contribution in [0.4, 0.5) is 0 Å². The monoisotopic (exact) mass is 404 g/mol. The van der Waals surface area contributed by atoms with Gasteiger partial charge in [0.15, 0.2) is 0 Å². The number of nitrogens with one attached hydrogen (secondary N) is 1. The van der Waals surface area contributed by atoms with Gasteiger partial charge in [0, 0.05) is 0 Å². The van der Waals surface area contributed by atoms with Crippen molar-refractivity contribution >= 4 is 11.8 Å². The fourth-order valence-corrected chi connectivity index (χ4v) is 15.6. The smallest absolute Gasteiger partial charge is 1.00 e. The van der Waals surface area contributed by atoms with Crippen molar-refractivity contribution in [2.24, 2.45) is 0 Å². The molecule has 0 fully saturated rings. The molecule has 0 saturated carbocycles. The van der Waals surface area contributed by atoms with Crippen LogP contribution in [0.1, 0.15) is 16.8 Å². The van der Waals surface area contributed by atoms with Crippen LogP contribution in [0.2, 0.25) is 13.1 Å². The first kappa shape index (κ1) is 19.9. The van der Waals surface area contributed by atoms with Gasteiger partial charge in [-0.2, -0.15) is 0 Å². The third-order valence-corrected chi connectivity index (χ3v) is 19.5. The molecule has 0 radical (unpaired) electrons. The first-order chi connectivity index (χ1) is 8.68. The van der Waals surface area contributed by atoms with Gasteiger partial charge in [-0.05, 0) is 0 Å². The minimum absolute atomic E-state index is 0. The van der Waals surface area contributed by atoms with Crippen LogP contribution in [0.15, 0.2) is 51.8 Å². The Labute approximate surface area is 142 Å². The Morgan fingerprint density at radius 2 is 1.85 bits per heavy atom. The van der Waals surface area contributed by atoms with Crippen LogP contribution in [0.5, 0.6) is 0 Å². The molecule has 1 aliphatic carbocycles. The average molecular weight is 407 g/mol. The van der Waals surface area contributed by atoms with E-state index in [4.69, 9.17) is 0 Å². The van der Waals surface area contributed by atoms with Gasteiger partial charge in [0.1, 0.15) is 0 Å². The molecule has 0 bridgehead atoms. The standard InChI is InChI=1S/C7H7NO.C5H5.C2H7Si.2ClH.Zr/c8-7(9)6-4-2-1-3-5-6;1-2-4-5-3-1;1-3-2;;;/h1-5H,(H2,8,9);1-3H,4H2;3H,1-2H3;2*1H;/q;;;;;+3/p-3.